The summed E-state index contributed by atoms with van der Waals surface area (Å²) in [7, 11) is 0. The Morgan fingerprint density at radius 1 is 1.00 bits per heavy atom. The van der Waals surface area contributed by atoms with Crippen LogP contribution >= 0.6 is 0 Å². The SMILES string of the molecule is CC(C)(C)NC(OC(=O)C(F)(F)F)C(=O)Nc1cc(N2C(=O)N(Cc3ccncc3)C(C)(C)C2=O)ccc1OC(F)(F)F. The molecule has 11 nitrogen and oxygen atoms in total. The van der Waals surface area contributed by atoms with Crippen molar-refractivity contribution in [3.8, 4) is 5.75 Å². The van der Waals surface area contributed by atoms with Crippen molar-refractivity contribution >= 4 is 35.2 Å². The summed E-state index contributed by atoms with van der Waals surface area (Å²) in [5, 5.41) is 4.26. The van der Waals surface area contributed by atoms with E-state index in [2.05, 4.69) is 19.8 Å². The van der Waals surface area contributed by atoms with E-state index in [1.807, 2.05) is 5.32 Å². The van der Waals surface area contributed by atoms with Gasteiger partial charge < -0.3 is 19.7 Å². The number of carbonyl (C=O) groups excluding carboxylic acids is 4. The van der Waals surface area contributed by atoms with Crippen molar-refractivity contribution < 1.29 is 55.0 Å². The van der Waals surface area contributed by atoms with E-state index in [0.29, 0.717) is 16.5 Å². The first-order chi connectivity index (χ1) is 19.6. The summed E-state index contributed by atoms with van der Waals surface area (Å²) in [6.07, 6.45) is -10.2. The summed E-state index contributed by atoms with van der Waals surface area (Å²) in [5.41, 5.74) is -3.01. The molecule has 1 aromatic carbocycles. The van der Waals surface area contributed by atoms with Gasteiger partial charge in [-0.2, -0.15) is 13.2 Å². The molecule has 1 unspecified atom stereocenters. The number of carbonyl (C=O) groups is 4. The third-order valence-electron chi connectivity index (χ3n) is 5.88. The van der Waals surface area contributed by atoms with Gasteiger partial charge in [0, 0.05) is 24.5 Å². The van der Waals surface area contributed by atoms with Gasteiger partial charge in [0.25, 0.3) is 11.8 Å². The maximum absolute atomic E-state index is 13.4. The Bertz CT molecular complexity index is 1390. The van der Waals surface area contributed by atoms with Gasteiger partial charge in [0.2, 0.25) is 6.23 Å². The van der Waals surface area contributed by atoms with Crippen molar-refractivity contribution in [2.45, 2.75) is 71.0 Å². The van der Waals surface area contributed by atoms with Crippen molar-refractivity contribution in [3.05, 3.63) is 48.3 Å². The van der Waals surface area contributed by atoms with Crippen LogP contribution in [0.3, 0.4) is 0 Å². The van der Waals surface area contributed by atoms with Crippen LogP contribution in [0.1, 0.15) is 40.2 Å². The summed E-state index contributed by atoms with van der Waals surface area (Å²) in [6.45, 7) is 7.12. The van der Waals surface area contributed by atoms with Crippen molar-refractivity contribution in [3.63, 3.8) is 0 Å². The predicted octanol–water partition coefficient (Wildman–Crippen LogP) is 4.49. The number of imide groups is 1. The second-order valence-electron chi connectivity index (χ2n) is 10.8. The van der Waals surface area contributed by atoms with Crippen molar-refractivity contribution in [2.24, 2.45) is 0 Å². The number of rotatable bonds is 8. The van der Waals surface area contributed by atoms with E-state index in [4.69, 9.17) is 0 Å². The number of esters is 1. The zero-order valence-electron chi connectivity index (χ0n) is 23.4. The molecule has 0 radical (unpaired) electrons. The lowest BCUT2D eigenvalue weighted by Gasteiger charge is -2.28. The summed E-state index contributed by atoms with van der Waals surface area (Å²) in [4.78, 5) is 57.0. The molecule has 0 spiro atoms. The molecule has 1 aliphatic heterocycles. The van der Waals surface area contributed by atoms with E-state index in [0.717, 1.165) is 12.1 Å². The number of urea groups is 1. The fraction of sp³-hybridized carbons (Fsp3) is 0.423. The van der Waals surface area contributed by atoms with Gasteiger partial charge in [0.15, 0.2) is 5.75 Å². The number of anilines is 2. The second kappa shape index (κ2) is 11.7. The van der Waals surface area contributed by atoms with Crippen LogP contribution < -0.4 is 20.3 Å². The summed E-state index contributed by atoms with van der Waals surface area (Å²) < 4.78 is 86.2. The average Bonchev–Trinajstić information content (AvgIpc) is 3.02. The Morgan fingerprint density at radius 2 is 1.60 bits per heavy atom. The van der Waals surface area contributed by atoms with Crippen LogP contribution in [0.15, 0.2) is 42.7 Å². The monoisotopic (exact) mass is 619 g/mol. The fourth-order valence-corrected chi connectivity index (χ4v) is 3.88. The molecule has 17 heteroatoms. The Labute approximate surface area is 241 Å². The number of nitrogens with zero attached hydrogens (tertiary/aromatic N) is 3. The van der Waals surface area contributed by atoms with Gasteiger partial charge in [-0.25, -0.2) is 14.5 Å². The molecular weight excluding hydrogens is 592 g/mol. The number of aromatic nitrogens is 1. The minimum Gasteiger partial charge on any atom is -0.430 e. The number of hydrogen-bond donors (Lipinski definition) is 2. The molecule has 43 heavy (non-hydrogen) atoms. The molecule has 2 N–H and O–H groups in total. The highest BCUT2D eigenvalue weighted by Gasteiger charge is 2.52. The Hall–Kier alpha value is -4.41. The number of hydrogen-bond acceptors (Lipinski definition) is 8. The predicted molar refractivity (Wildman–Crippen MR) is 137 cm³/mol. The third kappa shape index (κ3) is 8.12. The number of halogens is 6. The van der Waals surface area contributed by atoms with Crippen LogP contribution in [-0.4, -0.2) is 63.5 Å². The molecule has 0 bridgehead atoms. The van der Waals surface area contributed by atoms with E-state index >= 15 is 0 Å². The number of pyridine rings is 1. The van der Waals surface area contributed by atoms with Crippen molar-refractivity contribution in [1.29, 1.82) is 0 Å². The molecule has 1 atom stereocenters. The van der Waals surface area contributed by atoms with Crippen LogP contribution in [0.5, 0.6) is 5.75 Å². The standard InChI is InChI=1S/C26H27F6N5O6/c1-23(2,3)35-19(42-21(40)25(27,28)29)18(38)34-16-12-15(6-7-17(16)43-26(30,31)32)37-20(39)24(4,5)36(22(37)41)13-14-8-10-33-11-9-14/h6-12,19,35H,13H2,1-5H3,(H,34,38). The van der Waals surface area contributed by atoms with Crippen molar-refractivity contribution in [1.82, 2.24) is 15.2 Å². The number of amides is 4. The van der Waals surface area contributed by atoms with Gasteiger partial charge in [0.05, 0.1) is 11.4 Å². The van der Waals surface area contributed by atoms with E-state index in [9.17, 15) is 45.5 Å². The number of ether oxygens (including phenoxy) is 2. The first-order valence-corrected chi connectivity index (χ1v) is 12.4. The maximum Gasteiger partial charge on any atom is 0.573 e. The Balaban J connectivity index is 2.01. The van der Waals surface area contributed by atoms with Gasteiger partial charge in [-0.15, -0.1) is 13.2 Å². The van der Waals surface area contributed by atoms with Gasteiger partial charge in [-0.3, -0.25) is 19.9 Å². The zero-order chi connectivity index (χ0) is 32.5. The van der Waals surface area contributed by atoms with E-state index in [-0.39, 0.29) is 12.2 Å². The lowest BCUT2D eigenvalue weighted by atomic mass is 10.0. The molecule has 0 aliphatic carbocycles. The fourth-order valence-electron chi connectivity index (χ4n) is 3.88. The molecule has 4 amide bonds. The number of nitrogens with one attached hydrogen (secondary N) is 2. The molecule has 3 rings (SSSR count). The quantitative estimate of drug-likeness (QED) is 0.192. The first-order valence-electron chi connectivity index (χ1n) is 12.4. The molecule has 1 fully saturated rings. The van der Waals surface area contributed by atoms with E-state index < -0.39 is 65.1 Å². The highest BCUT2D eigenvalue weighted by Crippen LogP contribution is 2.38. The number of benzene rings is 1. The summed E-state index contributed by atoms with van der Waals surface area (Å²) in [6, 6.07) is 4.82. The van der Waals surface area contributed by atoms with Crippen molar-refractivity contribution in [2.75, 3.05) is 10.2 Å². The van der Waals surface area contributed by atoms with Gasteiger partial charge in [-0.05, 0) is 70.5 Å². The van der Waals surface area contributed by atoms with Gasteiger partial charge in [0.1, 0.15) is 5.54 Å². The summed E-state index contributed by atoms with van der Waals surface area (Å²) in [5.74, 6) is -6.06. The molecule has 1 saturated heterocycles. The molecule has 234 valence electrons. The smallest absolute Gasteiger partial charge is 0.430 e. The lowest BCUT2D eigenvalue weighted by Crippen LogP contribution is -2.53. The highest BCUT2D eigenvalue weighted by atomic mass is 19.4. The molecule has 2 heterocycles. The van der Waals surface area contributed by atoms with Crippen LogP contribution in [0.2, 0.25) is 0 Å². The Kier molecular flexibility index (Phi) is 9.00. The summed E-state index contributed by atoms with van der Waals surface area (Å²) >= 11 is 0. The lowest BCUT2D eigenvalue weighted by molar-refractivity contribution is -0.274. The second-order valence-corrected chi connectivity index (χ2v) is 10.8. The van der Waals surface area contributed by atoms with Crippen LogP contribution in [0.4, 0.5) is 42.5 Å². The zero-order valence-corrected chi connectivity index (χ0v) is 23.4. The average molecular weight is 620 g/mol. The van der Waals surface area contributed by atoms with E-state index in [1.54, 1.807) is 12.1 Å². The largest absolute Gasteiger partial charge is 0.573 e. The highest BCUT2D eigenvalue weighted by molar-refractivity contribution is 6.23. The maximum atomic E-state index is 13.4. The molecule has 1 aliphatic rings. The van der Waals surface area contributed by atoms with E-state index in [1.165, 1.54) is 51.9 Å². The molecule has 1 aromatic heterocycles. The minimum atomic E-state index is -5.49. The molecule has 2 aromatic rings. The van der Waals surface area contributed by atoms with Gasteiger partial charge in [-0.1, -0.05) is 0 Å². The van der Waals surface area contributed by atoms with Crippen LogP contribution in [0.25, 0.3) is 0 Å². The normalized spacial score (nSPS) is 16.3. The molecule has 0 saturated carbocycles. The topological polar surface area (TPSA) is 130 Å². The first kappa shape index (κ1) is 33.1. The van der Waals surface area contributed by atoms with Crippen LogP contribution in [-0.2, 0) is 25.7 Å². The number of alkyl halides is 6. The molecular formula is C26H27F6N5O6. The van der Waals surface area contributed by atoms with Crippen LogP contribution in [0, 0.1) is 0 Å². The Morgan fingerprint density at radius 3 is 2.14 bits per heavy atom. The van der Waals surface area contributed by atoms with Gasteiger partial charge >= 0.3 is 24.5 Å². The third-order valence-corrected chi connectivity index (χ3v) is 5.88. The minimum absolute atomic E-state index is 0.0276.